The third kappa shape index (κ3) is 4.23. The number of hydrogen-bond acceptors (Lipinski definition) is 4. The third-order valence-electron chi connectivity index (χ3n) is 3.30. The highest BCUT2D eigenvalue weighted by Crippen LogP contribution is 2.24. The Bertz CT molecular complexity index is 530. The lowest BCUT2D eigenvalue weighted by Gasteiger charge is -2.18. The van der Waals surface area contributed by atoms with Crippen LogP contribution in [0.1, 0.15) is 18.3 Å². The first-order chi connectivity index (χ1) is 10.3. The highest BCUT2D eigenvalue weighted by molar-refractivity contribution is 5.89. The highest BCUT2D eigenvalue weighted by Gasteiger charge is 2.40. The standard InChI is InChI=1S/C13H15F3N2O4/c14-13(15,16)7-18-6-8(4-11(18)20)12(21)17-5-9(19)10-2-1-3-22-10/h1-3,8-9,19H,4-7H2,(H,17,21). The van der Waals surface area contributed by atoms with Gasteiger partial charge in [0.05, 0.1) is 18.7 Å². The second-order valence-electron chi connectivity index (χ2n) is 5.07. The van der Waals surface area contributed by atoms with E-state index in [4.69, 9.17) is 4.42 Å². The summed E-state index contributed by atoms with van der Waals surface area (Å²) in [5.74, 6) is -1.85. The van der Waals surface area contributed by atoms with E-state index in [-0.39, 0.29) is 25.3 Å². The predicted octanol–water partition coefficient (Wildman–Crippen LogP) is 0.840. The molecule has 1 aliphatic rings. The fraction of sp³-hybridized carbons (Fsp3) is 0.538. The maximum atomic E-state index is 12.3. The summed E-state index contributed by atoms with van der Waals surface area (Å²) in [5.41, 5.74) is 0. The molecule has 1 saturated heterocycles. The van der Waals surface area contributed by atoms with E-state index in [1.54, 1.807) is 6.07 Å². The third-order valence-corrected chi connectivity index (χ3v) is 3.30. The van der Waals surface area contributed by atoms with Gasteiger partial charge in [-0.25, -0.2) is 0 Å². The van der Waals surface area contributed by atoms with E-state index in [2.05, 4.69) is 5.32 Å². The van der Waals surface area contributed by atoms with Crippen LogP contribution in [0.4, 0.5) is 13.2 Å². The van der Waals surface area contributed by atoms with E-state index < -0.39 is 36.6 Å². The normalized spacial score (nSPS) is 20.3. The topological polar surface area (TPSA) is 82.8 Å². The van der Waals surface area contributed by atoms with Crippen molar-refractivity contribution in [3.63, 3.8) is 0 Å². The van der Waals surface area contributed by atoms with Gasteiger partial charge in [-0.15, -0.1) is 0 Å². The van der Waals surface area contributed by atoms with E-state index >= 15 is 0 Å². The number of likely N-dealkylation sites (tertiary alicyclic amines) is 1. The lowest BCUT2D eigenvalue weighted by atomic mass is 10.1. The van der Waals surface area contributed by atoms with Gasteiger partial charge >= 0.3 is 6.18 Å². The first-order valence-corrected chi connectivity index (χ1v) is 6.60. The van der Waals surface area contributed by atoms with Crippen molar-refractivity contribution in [2.45, 2.75) is 18.7 Å². The van der Waals surface area contributed by atoms with Crippen molar-refractivity contribution in [3.05, 3.63) is 24.2 Å². The SMILES string of the molecule is O=C(NCC(O)c1ccco1)C1CC(=O)N(CC(F)(F)F)C1. The maximum absolute atomic E-state index is 12.3. The summed E-state index contributed by atoms with van der Waals surface area (Å²) in [6.07, 6.45) is -4.44. The number of halogens is 3. The van der Waals surface area contributed by atoms with Crippen LogP contribution in [0.15, 0.2) is 22.8 Å². The minimum Gasteiger partial charge on any atom is -0.467 e. The van der Waals surface area contributed by atoms with Crippen LogP contribution in [0.5, 0.6) is 0 Å². The smallest absolute Gasteiger partial charge is 0.406 e. The summed E-state index contributed by atoms with van der Waals surface area (Å²) < 4.78 is 41.8. The number of furan rings is 1. The highest BCUT2D eigenvalue weighted by atomic mass is 19.4. The Labute approximate surface area is 123 Å². The molecule has 2 atom stereocenters. The zero-order valence-electron chi connectivity index (χ0n) is 11.5. The fourth-order valence-electron chi connectivity index (χ4n) is 2.24. The van der Waals surface area contributed by atoms with Gasteiger partial charge in [0, 0.05) is 13.0 Å². The van der Waals surface area contributed by atoms with Crippen LogP contribution < -0.4 is 5.32 Å². The summed E-state index contributed by atoms with van der Waals surface area (Å²) in [6.45, 7) is -1.78. The molecule has 0 saturated carbocycles. The summed E-state index contributed by atoms with van der Waals surface area (Å²) >= 11 is 0. The molecular formula is C13H15F3N2O4. The Kier molecular flexibility index (Phi) is 4.74. The number of nitrogens with zero attached hydrogens (tertiary/aromatic N) is 1. The van der Waals surface area contributed by atoms with Gasteiger partial charge in [0.15, 0.2) is 0 Å². The molecule has 0 aliphatic carbocycles. The number of rotatable bonds is 5. The molecule has 1 aromatic heterocycles. The van der Waals surface area contributed by atoms with Gasteiger partial charge in [0.1, 0.15) is 18.4 Å². The van der Waals surface area contributed by atoms with E-state index in [9.17, 15) is 27.9 Å². The zero-order chi connectivity index (χ0) is 16.3. The van der Waals surface area contributed by atoms with Gasteiger partial charge in [0.25, 0.3) is 0 Å². The summed E-state index contributed by atoms with van der Waals surface area (Å²) in [6, 6.07) is 3.10. The molecule has 0 aromatic carbocycles. The Morgan fingerprint density at radius 3 is 2.86 bits per heavy atom. The number of hydrogen-bond donors (Lipinski definition) is 2. The van der Waals surface area contributed by atoms with Crippen molar-refractivity contribution in [3.8, 4) is 0 Å². The fourth-order valence-corrected chi connectivity index (χ4v) is 2.24. The van der Waals surface area contributed by atoms with Gasteiger partial charge < -0.3 is 19.7 Å². The molecule has 22 heavy (non-hydrogen) atoms. The Hall–Kier alpha value is -2.03. The summed E-state index contributed by atoms with van der Waals surface area (Å²) in [5, 5.41) is 12.1. The molecule has 1 aliphatic heterocycles. The van der Waals surface area contributed by atoms with Crippen LogP contribution >= 0.6 is 0 Å². The first-order valence-electron chi connectivity index (χ1n) is 6.60. The van der Waals surface area contributed by atoms with Crippen LogP contribution in [-0.2, 0) is 9.59 Å². The second kappa shape index (κ2) is 6.39. The van der Waals surface area contributed by atoms with Crippen LogP contribution in [0.3, 0.4) is 0 Å². The largest absolute Gasteiger partial charge is 0.467 e. The average molecular weight is 320 g/mol. The number of carbonyl (C=O) groups is 2. The number of aliphatic hydroxyl groups is 1. The van der Waals surface area contributed by atoms with Gasteiger partial charge in [-0.2, -0.15) is 13.2 Å². The number of carbonyl (C=O) groups excluding carboxylic acids is 2. The first kappa shape index (κ1) is 16.3. The van der Waals surface area contributed by atoms with Crippen LogP contribution in [0, 0.1) is 5.92 Å². The van der Waals surface area contributed by atoms with Crippen molar-refractivity contribution in [2.24, 2.45) is 5.92 Å². The van der Waals surface area contributed by atoms with Crippen molar-refractivity contribution in [1.82, 2.24) is 10.2 Å². The molecule has 6 nitrogen and oxygen atoms in total. The number of aliphatic hydroxyl groups excluding tert-OH is 1. The van der Waals surface area contributed by atoms with Crippen LogP contribution in [-0.4, -0.2) is 47.6 Å². The molecule has 9 heteroatoms. The molecule has 2 rings (SSSR count). The quantitative estimate of drug-likeness (QED) is 0.842. The van der Waals surface area contributed by atoms with Crippen molar-refractivity contribution < 1.29 is 32.3 Å². The second-order valence-corrected chi connectivity index (χ2v) is 5.07. The zero-order valence-corrected chi connectivity index (χ0v) is 11.5. The van der Waals surface area contributed by atoms with E-state index in [1.165, 1.54) is 12.3 Å². The van der Waals surface area contributed by atoms with Gasteiger partial charge in [0.2, 0.25) is 11.8 Å². The molecule has 1 fully saturated rings. The van der Waals surface area contributed by atoms with Crippen LogP contribution in [0.25, 0.3) is 0 Å². The van der Waals surface area contributed by atoms with Crippen LogP contribution in [0.2, 0.25) is 0 Å². The molecule has 122 valence electrons. The minimum absolute atomic E-state index is 0.143. The van der Waals surface area contributed by atoms with Gasteiger partial charge in [-0.1, -0.05) is 0 Å². The molecule has 1 aromatic rings. The summed E-state index contributed by atoms with van der Waals surface area (Å²) in [7, 11) is 0. The lowest BCUT2D eigenvalue weighted by molar-refractivity contribution is -0.157. The Morgan fingerprint density at radius 1 is 1.55 bits per heavy atom. The molecule has 2 heterocycles. The van der Waals surface area contributed by atoms with Gasteiger partial charge in [-0.3, -0.25) is 9.59 Å². The van der Waals surface area contributed by atoms with Crippen molar-refractivity contribution >= 4 is 11.8 Å². The molecule has 2 N–H and O–H groups in total. The molecular weight excluding hydrogens is 305 g/mol. The van der Waals surface area contributed by atoms with E-state index in [0.717, 1.165) is 0 Å². The molecule has 0 radical (unpaired) electrons. The molecule has 0 spiro atoms. The minimum atomic E-state index is -4.49. The maximum Gasteiger partial charge on any atom is 0.406 e. The van der Waals surface area contributed by atoms with Gasteiger partial charge in [-0.05, 0) is 12.1 Å². The molecule has 2 unspecified atom stereocenters. The molecule has 2 amide bonds. The lowest BCUT2D eigenvalue weighted by Crippen LogP contribution is -2.38. The Balaban J connectivity index is 1.82. The van der Waals surface area contributed by atoms with Crippen molar-refractivity contribution in [2.75, 3.05) is 19.6 Å². The molecule has 0 bridgehead atoms. The average Bonchev–Trinajstić information content (AvgIpc) is 3.05. The number of nitrogens with one attached hydrogen (secondary N) is 1. The number of amides is 2. The van der Waals surface area contributed by atoms with E-state index in [1.807, 2.05) is 0 Å². The summed E-state index contributed by atoms with van der Waals surface area (Å²) in [4.78, 5) is 24.0. The Morgan fingerprint density at radius 2 is 2.27 bits per heavy atom. The van der Waals surface area contributed by atoms with Crippen molar-refractivity contribution in [1.29, 1.82) is 0 Å². The monoisotopic (exact) mass is 320 g/mol. The number of alkyl halides is 3. The predicted molar refractivity (Wildman–Crippen MR) is 67.4 cm³/mol. The van der Waals surface area contributed by atoms with E-state index in [0.29, 0.717) is 4.90 Å².